The first-order chi connectivity index (χ1) is 7.70. The SMILES string of the molecule is COc1ccccc1N1NC(=O)C=C(O)N1. The third-order valence-corrected chi connectivity index (χ3v) is 2.04. The Balaban J connectivity index is 2.31. The summed E-state index contributed by atoms with van der Waals surface area (Å²) < 4.78 is 5.13. The van der Waals surface area contributed by atoms with Crippen molar-refractivity contribution < 1.29 is 14.6 Å². The molecule has 0 unspecified atom stereocenters. The highest BCUT2D eigenvalue weighted by Crippen LogP contribution is 2.26. The summed E-state index contributed by atoms with van der Waals surface area (Å²) >= 11 is 0. The number of ether oxygens (including phenoxy) is 1. The fourth-order valence-corrected chi connectivity index (χ4v) is 1.38. The van der Waals surface area contributed by atoms with Crippen molar-refractivity contribution in [2.45, 2.75) is 0 Å². The van der Waals surface area contributed by atoms with E-state index in [0.717, 1.165) is 6.08 Å². The van der Waals surface area contributed by atoms with Crippen molar-refractivity contribution in [3.05, 3.63) is 36.2 Å². The fraction of sp³-hybridized carbons (Fsp3) is 0.100. The van der Waals surface area contributed by atoms with Gasteiger partial charge in [0, 0.05) is 0 Å². The number of carbonyl (C=O) groups is 1. The molecular weight excluding hydrogens is 210 g/mol. The third-order valence-electron chi connectivity index (χ3n) is 2.04. The van der Waals surface area contributed by atoms with Gasteiger partial charge in [0.1, 0.15) is 11.4 Å². The maximum absolute atomic E-state index is 11.2. The van der Waals surface area contributed by atoms with Crippen LogP contribution in [-0.4, -0.2) is 18.1 Å². The monoisotopic (exact) mass is 221 g/mol. The summed E-state index contributed by atoms with van der Waals surface area (Å²) in [4.78, 5) is 11.2. The van der Waals surface area contributed by atoms with Gasteiger partial charge >= 0.3 is 0 Å². The molecule has 16 heavy (non-hydrogen) atoms. The van der Waals surface area contributed by atoms with Gasteiger partial charge in [-0.15, -0.1) is 0 Å². The van der Waals surface area contributed by atoms with Gasteiger partial charge in [-0.1, -0.05) is 12.1 Å². The van der Waals surface area contributed by atoms with Gasteiger partial charge in [0.05, 0.1) is 13.2 Å². The molecule has 0 radical (unpaired) electrons. The average molecular weight is 221 g/mol. The quantitative estimate of drug-likeness (QED) is 0.676. The number of hydrogen-bond donors (Lipinski definition) is 3. The summed E-state index contributed by atoms with van der Waals surface area (Å²) in [6.45, 7) is 0. The lowest BCUT2D eigenvalue weighted by atomic mass is 10.3. The van der Waals surface area contributed by atoms with E-state index in [2.05, 4.69) is 10.9 Å². The zero-order valence-electron chi connectivity index (χ0n) is 8.60. The summed E-state index contributed by atoms with van der Waals surface area (Å²) in [6.07, 6.45) is 1.05. The lowest BCUT2D eigenvalue weighted by Gasteiger charge is -2.29. The number of methoxy groups -OCH3 is 1. The van der Waals surface area contributed by atoms with Crippen molar-refractivity contribution in [1.29, 1.82) is 0 Å². The van der Waals surface area contributed by atoms with Gasteiger partial charge in [0.15, 0.2) is 0 Å². The molecule has 0 aromatic heterocycles. The Morgan fingerprint density at radius 1 is 1.31 bits per heavy atom. The number of nitrogens with zero attached hydrogens (tertiary/aromatic N) is 1. The molecule has 1 aromatic carbocycles. The molecule has 1 amide bonds. The number of anilines is 1. The molecule has 0 spiro atoms. The number of nitrogens with one attached hydrogen (secondary N) is 2. The second kappa shape index (κ2) is 4.01. The summed E-state index contributed by atoms with van der Waals surface area (Å²) in [5, 5.41) is 10.6. The molecule has 0 atom stereocenters. The molecule has 0 aliphatic carbocycles. The number of carbonyl (C=O) groups excluding carboxylic acids is 1. The summed E-state index contributed by atoms with van der Waals surface area (Å²) in [5.74, 6) is -0.0678. The van der Waals surface area contributed by atoms with Crippen molar-refractivity contribution in [1.82, 2.24) is 10.9 Å². The van der Waals surface area contributed by atoms with E-state index in [0.29, 0.717) is 11.4 Å². The molecule has 0 bridgehead atoms. The van der Waals surface area contributed by atoms with Gasteiger partial charge in [-0.05, 0) is 12.1 Å². The van der Waals surface area contributed by atoms with Gasteiger partial charge in [0.2, 0.25) is 5.88 Å². The molecule has 2 rings (SSSR count). The Kier molecular flexibility index (Phi) is 2.55. The number of hydrazine groups is 2. The number of hydrogen-bond acceptors (Lipinski definition) is 5. The molecule has 3 N–H and O–H groups in total. The highest BCUT2D eigenvalue weighted by molar-refractivity contribution is 5.90. The fourth-order valence-electron chi connectivity index (χ4n) is 1.38. The summed E-state index contributed by atoms with van der Waals surface area (Å²) in [5.41, 5.74) is 5.68. The van der Waals surface area contributed by atoms with Crippen LogP contribution in [0.5, 0.6) is 5.75 Å². The first-order valence-electron chi connectivity index (χ1n) is 4.62. The van der Waals surface area contributed by atoms with Gasteiger partial charge in [0.25, 0.3) is 5.91 Å². The first-order valence-corrected chi connectivity index (χ1v) is 4.62. The molecule has 0 fully saturated rings. The molecule has 1 heterocycles. The summed E-state index contributed by atoms with van der Waals surface area (Å²) in [7, 11) is 1.53. The molecule has 6 nitrogen and oxygen atoms in total. The van der Waals surface area contributed by atoms with Crippen LogP contribution >= 0.6 is 0 Å². The van der Waals surface area contributed by atoms with E-state index in [1.807, 2.05) is 6.07 Å². The number of aliphatic hydroxyl groups is 1. The minimum Gasteiger partial charge on any atom is -0.494 e. The molecule has 0 saturated carbocycles. The van der Waals surface area contributed by atoms with Crippen LogP contribution in [0.1, 0.15) is 0 Å². The van der Waals surface area contributed by atoms with Crippen LogP contribution in [0, 0.1) is 0 Å². The number of amides is 1. The van der Waals surface area contributed by atoms with E-state index >= 15 is 0 Å². The van der Waals surface area contributed by atoms with E-state index in [9.17, 15) is 9.90 Å². The van der Waals surface area contributed by atoms with Gasteiger partial charge in [-0.2, -0.15) is 5.12 Å². The predicted octanol–water partition coefficient (Wildman–Crippen LogP) is 0.450. The molecule has 0 saturated heterocycles. The van der Waals surface area contributed by atoms with Crippen LogP contribution in [0.3, 0.4) is 0 Å². The molecular formula is C10H11N3O3. The van der Waals surface area contributed by atoms with Crippen molar-refractivity contribution in [2.24, 2.45) is 0 Å². The maximum atomic E-state index is 11.2. The minimum atomic E-state index is -0.415. The van der Waals surface area contributed by atoms with E-state index in [4.69, 9.17) is 4.74 Å². The van der Waals surface area contributed by atoms with Crippen molar-refractivity contribution in [2.75, 3.05) is 12.2 Å². The van der Waals surface area contributed by atoms with Crippen LogP contribution in [0.2, 0.25) is 0 Å². The highest BCUT2D eigenvalue weighted by atomic mass is 16.5. The van der Waals surface area contributed by atoms with Gasteiger partial charge in [-0.25, -0.2) is 10.9 Å². The van der Waals surface area contributed by atoms with E-state index < -0.39 is 5.91 Å². The molecule has 1 aliphatic rings. The Morgan fingerprint density at radius 3 is 2.75 bits per heavy atom. The third kappa shape index (κ3) is 1.85. The zero-order chi connectivity index (χ0) is 11.5. The lowest BCUT2D eigenvalue weighted by molar-refractivity contribution is -0.117. The second-order valence-electron chi connectivity index (χ2n) is 3.12. The van der Waals surface area contributed by atoms with Crippen LogP contribution < -0.4 is 20.7 Å². The van der Waals surface area contributed by atoms with E-state index in [1.54, 1.807) is 18.2 Å². The van der Waals surface area contributed by atoms with Crippen LogP contribution in [0.15, 0.2) is 36.2 Å². The Morgan fingerprint density at radius 2 is 2.06 bits per heavy atom. The Labute approximate surface area is 92.1 Å². The smallest absolute Gasteiger partial charge is 0.269 e. The summed E-state index contributed by atoms with van der Waals surface area (Å²) in [6, 6.07) is 7.09. The largest absolute Gasteiger partial charge is 0.494 e. The predicted molar refractivity (Wildman–Crippen MR) is 57.5 cm³/mol. The second-order valence-corrected chi connectivity index (χ2v) is 3.12. The zero-order valence-corrected chi connectivity index (χ0v) is 8.60. The topological polar surface area (TPSA) is 73.8 Å². The molecule has 84 valence electrons. The average Bonchev–Trinajstić information content (AvgIpc) is 2.27. The van der Waals surface area contributed by atoms with Crippen LogP contribution in [-0.2, 0) is 4.79 Å². The first kappa shape index (κ1) is 10.2. The normalized spacial score (nSPS) is 14.9. The van der Waals surface area contributed by atoms with Gasteiger partial charge in [-0.3, -0.25) is 4.79 Å². The van der Waals surface area contributed by atoms with Crippen molar-refractivity contribution >= 4 is 11.6 Å². The standard InChI is InChI=1S/C10H11N3O3/c1-16-8-5-3-2-4-7(8)13-11-9(14)6-10(15)12-13/h2-6,11,14H,1H3,(H,12,15). The lowest BCUT2D eigenvalue weighted by Crippen LogP contribution is -2.53. The van der Waals surface area contributed by atoms with Crippen LogP contribution in [0.4, 0.5) is 5.69 Å². The van der Waals surface area contributed by atoms with E-state index in [1.165, 1.54) is 12.2 Å². The maximum Gasteiger partial charge on any atom is 0.269 e. The van der Waals surface area contributed by atoms with E-state index in [-0.39, 0.29) is 5.88 Å². The van der Waals surface area contributed by atoms with Gasteiger partial charge < -0.3 is 9.84 Å². The molecule has 1 aliphatic heterocycles. The number of aliphatic hydroxyl groups excluding tert-OH is 1. The minimum absolute atomic E-state index is 0.227. The number of benzene rings is 1. The Hall–Kier alpha value is -2.37. The number of para-hydroxylation sites is 2. The van der Waals surface area contributed by atoms with Crippen molar-refractivity contribution in [3.8, 4) is 5.75 Å². The molecule has 6 heteroatoms. The molecule has 1 aromatic rings. The number of rotatable bonds is 2. The highest BCUT2D eigenvalue weighted by Gasteiger charge is 2.18. The van der Waals surface area contributed by atoms with Crippen molar-refractivity contribution in [3.63, 3.8) is 0 Å². The Bertz CT molecular complexity index is 445. The van der Waals surface area contributed by atoms with Crippen LogP contribution in [0.25, 0.3) is 0 Å².